The van der Waals surface area contributed by atoms with Crippen molar-refractivity contribution in [1.82, 2.24) is 5.23 Å². The van der Waals surface area contributed by atoms with E-state index >= 15 is 0 Å². The van der Waals surface area contributed by atoms with Crippen LogP contribution in [-0.2, 0) is 0 Å². The molecule has 0 saturated carbocycles. The second kappa shape index (κ2) is 1.48. The van der Waals surface area contributed by atoms with Gasteiger partial charge in [0.2, 0.25) is 0 Å². The van der Waals surface area contributed by atoms with E-state index in [1.54, 1.807) is 12.3 Å². The van der Waals surface area contributed by atoms with Gasteiger partial charge < -0.3 is 0 Å². The maximum absolute atomic E-state index is 3.87. The molecule has 0 saturated heterocycles. The van der Waals surface area contributed by atoms with E-state index in [1.165, 1.54) is 5.23 Å². The molecule has 0 aromatic rings. The van der Waals surface area contributed by atoms with Crippen LogP contribution in [0.3, 0.4) is 0 Å². The summed E-state index contributed by atoms with van der Waals surface area (Å²) in [5.74, 6) is 0.639. The highest BCUT2D eigenvalue weighted by Crippen LogP contribution is 2.08. The first-order valence-corrected chi connectivity index (χ1v) is 2.46. The van der Waals surface area contributed by atoms with Crippen molar-refractivity contribution in [2.45, 2.75) is 0 Å². The molecule has 0 N–H and O–H groups in total. The number of amidine groups is 1. The molecular weight excluding hydrogens is 118 g/mol. The first-order chi connectivity index (χ1) is 4.45. The van der Waals surface area contributed by atoms with Gasteiger partial charge in [-0.15, -0.1) is 5.10 Å². The smallest absolute Gasteiger partial charge is 0.176 e. The molecule has 9 heavy (non-hydrogen) atoms. The van der Waals surface area contributed by atoms with Crippen LogP contribution in [0.1, 0.15) is 0 Å². The van der Waals surface area contributed by atoms with Crippen molar-refractivity contribution >= 4 is 12.1 Å². The number of hydrogen-bond acceptors (Lipinski definition) is 4. The summed E-state index contributed by atoms with van der Waals surface area (Å²) in [6, 6.07) is 0. The Hall–Kier alpha value is -1.52. The normalized spacial score (nSPS) is 24.4. The zero-order valence-electron chi connectivity index (χ0n) is 4.47. The summed E-state index contributed by atoms with van der Waals surface area (Å²) in [4.78, 5) is 3.87. The lowest BCUT2D eigenvalue weighted by atomic mass is 10.5. The predicted octanol–water partition coefficient (Wildman–Crippen LogP) is 0.538. The molecule has 2 aliphatic rings. The van der Waals surface area contributed by atoms with Gasteiger partial charge in [-0.05, 0) is 27.8 Å². The fraction of sp³-hybridized carbons (Fsp3) is 0. The van der Waals surface area contributed by atoms with Crippen molar-refractivity contribution in [2.24, 2.45) is 20.5 Å². The van der Waals surface area contributed by atoms with Gasteiger partial charge in [-0.25, -0.2) is 4.99 Å². The standard InChI is InChI=1S/C4H3N5/c1-2-4(5-3-1)6-9-7-8-9/h1-3H. The van der Waals surface area contributed by atoms with Gasteiger partial charge in [0, 0.05) is 6.21 Å². The number of nitrogens with zero attached hydrogens (tertiary/aromatic N) is 5. The van der Waals surface area contributed by atoms with Gasteiger partial charge in [0.15, 0.2) is 5.84 Å². The summed E-state index contributed by atoms with van der Waals surface area (Å²) >= 11 is 0. The molecule has 0 aromatic carbocycles. The highest BCUT2D eigenvalue weighted by atomic mass is 16.0. The van der Waals surface area contributed by atoms with E-state index in [0.29, 0.717) is 5.84 Å². The highest BCUT2D eigenvalue weighted by molar-refractivity contribution is 6.06. The molecule has 0 atom stereocenters. The zero-order valence-corrected chi connectivity index (χ0v) is 4.47. The Labute approximate surface area is 51.0 Å². The molecular formula is C4H3N5. The van der Waals surface area contributed by atoms with Crippen LogP contribution in [0.4, 0.5) is 0 Å². The molecule has 0 radical (unpaired) electrons. The number of rotatable bonds is 1. The van der Waals surface area contributed by atoms with E-state index in [2.05, 4.69) is 20.5 Å². The summed E-state index contributed by atoms with van der Waals surface area (Å²) < 4.78 is 0. The summed E-state index contributed by atoms with van der Waals surface area (Å²) in [5, 5.41) is 11.9. The Balaban J connectivity index is 2.11. The van der Waals surface area contributed by atoms with Crippen molar-refractivity contribution in [3.05, 3.63) is 12.2 Å². The molecule has 44 valence electrons. The minimum absolute atomic E-state index is 0.639. The van der Waals surface area contributed by atoms with E-state index in [-0.39, 0.29) is 0 Å². The summed E-state index contributed by atoms with van der Waals surface area (Å²) in [5.41, 5.74) is 0. The third kappa shape index (κ3) is 0.835. The fourth-order valence-electron chi connectivity index (χ4n) is 0.500. The number of hydrazone groups is 1. The van der Waals surface area contributed by atoms with Crippen molar-refractivity contribution in [2.75, 3.05) is 0 Å². The molecule has 5 heteroatoms. The molecule has 0 amide bonds. The van der Waals surface area contributed by atoms with Crippen molar-refractivity contribution in [3.63, 3.8) is 0 Å². The van der Waals surface area contributed by atoms with E-state index in [0.717, 1.165) is 0 Å². The van der Waals surface area contributed by atoms with Gasteiger partial charge in [-0.2, -0.15) is 0 Å². The van der Waals surface area contributed by atoms with Crippen molar-refractivity contribution in [1.29, 1.82) is 0 Å². The van der Waals surface area contributed by atoms with Gasteiger partial charge >= 0.3 is 0 Å². The van der Waals surface area contributed by atoms with Crippen LogP contribution >= 0.6 is 0 Å². The van der Waals surface area contributed by atoms with E-state index in [9.17, 15) is 0 Å². The topological polar surface area (TPSA) is 52.4 Å². The van der Waals surface area contributed by atoms with Crippen LogP contribution < -0.4 is 0 Å². The number of hydrogen-bond donors (Lipinski definition) is 0. The highest BCUT2D eigenvalue weighted by Gasteiger charge is 2.09. The Bertz CT molecular complexity index is 215. The zero-order chi connectivity index (χ0) is 6.10. The summed E-state index contributed by atoms with van der Waals surface area (Å²) in [6.45, 7) is 0. The SMILES string of the molecule is C1=CC(=NN2N=N2)N=C1. The van der Waals surface area contributed by atoms with Crippen molar-refractivity contribution in [3.8, 4) is 0 Å². The minimum atomic E-state index is 0.639. The Kier molecular flexibility index (Phi) is 0.717. The average molecular weight is 121 g/mol. The van der Waals surface area contributed by atoms with Gasteiger partial charge in [0.25, 0.3) is 0 Å². The van der Waals surface area contributed by atoms with E-state index in [4.69, 9.17) is 0 Å². The van der Waals surface area contributed by atoms with E-state index in [1.807, 2.05) is 6.08 Å². The molecule has 0 aromatic heterocycles. The molecule has 2 heterocycles. The lowest BCUT2D eigenvalue weighted by molar-refractivity contribution is 0.514. The largest absolute Gasteiger partial charge is 0.236 e. The molecule has 0 spiro atoms. The molecule has 0 fully saturated rings. The van der Waals surface area contributed by atoms with Crippen LogP contribution in [0, 0.1) is 0 Å². The van der Waals surface area contributed by atoms with Crippen LogP contribution in [0.2, 0.25) is 0 Å². The van der Waals surface area contributed by atoms with Gasteiger partial charge in [0.05, 0.1) is 0 Å². The van der Waals surface area contributed by atoms with Gasteiger partial charge in [-0.1, -0.05) is 0 Å². The maximum Gasteiger partial charge on any atom is 0.176 e. The van der Waals surface area contributed by atoms with Gasteiger partial charge in [0.1, 0.15) is 0 Å². The third-order valence-corrected chi connectivity index (χ3v) is 0.900. The maximum atomic E-state index is 3.87. The quantitative estimate of drug-likeness (QED) is 0.499. The average Bonchev–Trinajstić information content (AvgIpc) is 2.46. The summed E-state index contributed by atoms with van der Waals surface area (Å²) in [7, 11) is 0. The molecule has 0 unspecified atom stereocenters. The Morgan fingerprint density at radius 3 is 2.89 bits per heavy atom. The Morgan fingerprint density at radius 1 is 1.44 bits per heavy atom. The van der Waals surface area contributed by atoms with Crippen molar-refractivity contribution < 1.29 is 0 Å². The molecule has 0 bridgehead atoms. The molecule has 2 rings (SSSR count). The van der Waals surface area contributed by atoms with Crippen LogP contribution in [0.5, 0.6) is 0 Å². The number of aliphatic imine (C=N–C) groups is 1. The van der Waals surface area contributed by atoms with Crippen LogP contribution in [-0.4, -0.2) is 17.3 Å². The van der Waals surface area contributed by atoms with Crippen LogP contribution in [0.25, 0.3) is 0 Å². The summed E-state index contributed by atoms with van der Waals surface area (Å²) in [6.07, 6.45) is 5.26. The Morgan fingerprint density at radius 2 is 2.33 bits per heavy atom. The second-order valence-electron chi connectivity index (χ2n) is 1.54. The number of allylic oxidation sites excluding steroid dienone is 1. The lowest BCUT2D eigenvalue weighted by Gasteiger charge is -1.82. The third-order valence-electron chi connectivity index (χ3n) is 0.900. The minimum Gasteiger partial charge on any atom is -0.236 e. The van der Waals surface area contributed by atoms with Crippen LogP contribution in [0.15, 0.2) is 32.7 Å². The molecule has 0 aliphatic carbocycles. The fourth-order valence-corrected chi connectivity index (χ4v) is 0.500. The van der Waals surface area contributed by atoms with E-state index < -0.39 is 0 Å². The predicted molar refractivity (Wildman–Crippen MR) is 31.8 cm³/mol. The molecule has 5 nitrogen and oxygen atoms in total. The monoisotopic (exact) mass is 121 g/mol. The second-order valence-corrected chi connectivity index (χ2v) is 1.54. The first-order valence-electron chi connectivity index (χ1n) is 2.46. The molecule has 2 aliphatic heterocycles. The first kappa shape index (κ1) is 4.37. The van der Waals surface area contributed by atoms with Gasteiger partial charge in [-0.3, -0.25) is 0 Å². The lowest BCUT2D eigenvalue weighted by Crippen LogP contribution is -1.89.